The molecule has 1 heterocycles. The molecule has 0 aliphatic carbocycles. The zero-order chi connectivity index (χ0) is 19.6. The highest BCUT2D eigenvalue weighted by Crippen LogP contribution is 2.31. The number of rotatable bonds is 3. The van der Waals surface area contributed by atoms with Gasteiger partial charge < -0.3 is 9.64 Å². The fraction of sp³-hybridized carbons (Fsp3) is 0.316. The molecule has 1 atom stereocenters. The van der Waals surface area contributed by atoms with Gasteiger partial charge in [-0.2, -0.15) is 0 Å². The summed E-state index contributed by atoms with van der Waals surface area (Å²) in [7, 11) is -2.31. The smallest absolute Gasteiger partial charge is 0.253 e. The summed E-state index contributed by atoms with van der Waals surface area (Å²) in [6.45, 7) is 0.102. The SMILES string of the molecule is COc1ccc(C(=O)N2CCC(c3ccccc3F)S(=O)(=O)CC2)cc1F. The Balaban J connectivity index is 1.84. The number of hydrogen-bond acceptors (Lipinski definition) is 4. The van der Waals surface area contributed by atoms with Crippen LogP contribution >= 0.6 is 0 Å². The molecule has 3 rings (SSSR count). The summed E-state index contributed by atoms with van der Waals surface area (Å²) >= 11 is 0. The number of sulfone groups is 1. The number of carbonyl (C=O) groups excluding carboxylic acids is 1. The van der Waals surface area contributed by atoms with Crippen LogP contribution in [0.1, 0.15) is 27.6 Å². The maximum atomic E-state index is 14.1. The molecule has 0 aromatic heterocycles. The molecule has 2 aromatic carbocycles. The standard InChI is InChI=1S/C19H19F2NO4S/c1-26-17-7-6-13(12-16(17)21)19(23)22-9-8-18(27(24,25)11-10-22)14-4-2-3-5-15(14)20/h2-7,12,18H,8-11H2,1H3. The number of hydrogen-bond donors (Lipinski definition) is 0. The van der Waals surface area contributed by atoms with E-state index in [1.807, 2.05) is 0 Å². The van der Waals surface area contributed by atoms with Crippen LogP contribution in [0.2, 0.25) is 0 Å². The Morgan fingerprint density at radius 2 is 1.85 bits per heavy atom. The van der Waals surface area contributed by atoms with Crippen molar-refractivity contribution >= 4 is 15.7 Å². The first-order chi connectivity index (χ1) is 12.8. The van der Waals surface area contributed by atoms with Gasteiger partial charge in [-0.05, 0) is 30.7 Å². The number of ether oxygens (including phenoxy) is 1. The van der Waals surface area contributed by atoms with Gasteiger partial charge in [0.15, 0.2) is 21.4 Å². The molecule has 0 saturated carbocycles. The summed E-state index contributed by atoms with van der Waals surface area (Å²) in [5.41, 5.74) is 0.220. The normalized spacial score (nSPS) is 19.4. The summed E-state index contributed by atoms with van der Waals surface area (Å²) < 4.78 is 58.0. The molecule has 0 N–H and O–H groups in total. The van der Waals surface area contributed by atoms with Crippen molar-refractivity contribution in [3.05, 3.63) is 65.2 Å². The minimum atomic E-state index is -3.63. The van der Waals surface area contributed by atoms with E-state index in [0.29, 0.717) is 0 Å². The molecule has 0 bridgehead atoms. The van der Waals surface area contributed by atoms with Gasteiger partial charge in [-0.1, -0.05) is 18.2 Å². The maximum absolute atomic E-state index is 14.1. The molecule has 1 saturated heterocycles. The molecular formula is C19H19F2NO4S. The zero-order valence-electron chi connectivity index (χ0n) is 14.7. The average Bonchev–Trinajstić information content (AvgIpc) is 2.80. The van der Waals surface area contributed by atoms with Crippen LogP contribution < -0.4 is 4.74 Å². The lowest BCUT2D eigenvalue weighted by atomic mass is 10.1. The summed E-state index contributed by atoms with van der Waals surface area (Å²) in [6.07, 6.45) is 0.0770. The van der Waals surface area contributed by atoms with Crippen molar-refractivity contribution in [1.82, 2.24) is 4.90 Å². The molecule has 1 fully saturated rings. The van der Waals surface area contributed by atoms with Crippen LogP contribution in [0.25, 0.3) is 0 Å². The number of carbonyl (C=O) groups is 1. The van der Waals surface area contributed by atoms with Gasteiger partial charge in [-0.25, -0.2) is 17.2 Å². The highest BCUT2D eigenvalue weighted by atomic mass is 32.2. The summed E-state index contributed by atoms with van der Waals surface area (Å²) in [4.78, 5) is 14.0. The highest BCUT2D eigenvalue weighted by Gasteiger charge is 2.34. The molecule has 1 unspecified atom stereocenters. The van der Waals surface area contributed by atoms with Crippen LogP contribution in [0, 0.1) is 11.6 Å². The molecule has 5 nitrogen and oxygen atoms in total. The Bertz CT molecular complexity index is 962. The van der Waals surface area contributed by atoms with Crippen LogP contribution in [0.3, 0.4) is 0 Å². The number of methoxy groups -OCH3 is 1. The second-order valence-corrected chi connectivity index (χ2v) is 8.61. The van der Waals surface area contributed by atoms with Gasteiger partial charge in [0.1, 0.15) is 5.82 Å². The fourth-order valence-corrected chi connectivity index (χ4v) is 5.02. The molecule has 27 heavy (non-hydrogen) atoms. The van der Waals surface area contributed by atoms with Crippen LogP contribution in [-0.4, -0.2) is 45.2 Å². The molecule has 2 aromatic rings. The topological polar surface area (TPSA) is 63.7 Å². The summed E-state index contributed by atoms with van der Waals surface area (Å²) in [5.74, 6) is -1.99. The van der Waals surface area contributed by atoms with Crippen molar-refractivity contribution in [2.45, 2.75) is 11.7 Å². The van der Waals surface area contributed by atoms with Crippen LogP contribution in [0.4, 0.5) is 8.78 Å². The second kappa shape index (κ2) is 7.64. The third kappa shape index (κ3) is 3.95. The Morgan fingerprint density at radius 3 is 2.52 bits per heavy atom. The van der Waals surface area contributed by atoms with Crippen molar-refractivity contribution in [2.75, 3.05) is 26.0 Å². The molecule has 0 radical (unpaired) electrons. The minimum Gasteiger partial charge on any atom is -0.494 e. The van der Waals surface area contributed by atoms with Gasteiger partial charge in [0.2, 0.25) is 0 Å². The van der Waals surface area contributed by atoms with E-state index >= 15 is 0 Å². The fourth-order valence-electron chi connectivity index (χ4n) is 3.21. The second-order valence-electron chi connectivity index (χ2n) is 6.31. The van der Waals surface area contributed by atoms with Gasteiger partial charge in [-0.15, -0.1) is 0 Å². The lowest BCUT2D eigenvalue weighted by Crippen LogP contribution is -2.33. The van der Waals surface area contributed by atoms with E-state index in [1.54, 1.807) is 6.07 Å². The van der Waals surface area contributed by atoms with Crippen LogP contribution in [0.15, 0.2) is 42.5 Å². The third-order valence-electron chi connectivity index (χ3n) is 4.68. The number of amides is 1. The lowest BCUT2D eigenvalue weighted by Gasteiger charge is -2.20. The zero-order valence-corrected chi connectivity index (χ0v) is 15.5. The molecule has 0 spiro atoms. The first-order valence-electron chi connectivity index (χ1n) is 8.42. The van der Waals surface area contributed by atoms with E-state index in [1.165, 1.54) is 42.3 Å². The first kappa shape index (κ1) is 19.3. The average molecular weight is 395 g/mol. The van der Waals surface area contributed by atoms with E-state index in [0.717, 1.165) is 6.07 Å². The lowest BCUT2D eigenvalue weighted by molar-refractivity contribution is 0.0766. The number of nitrogens with zero attached hydrogens (tertiary/aromatic N) is 1. The predicted molar refractivity (Wildman–Crippen MR) is 96.4 cm³/mol. The van der Waals surface area contributed by atoms with E-state index in [4.69, 9.17) is 4.74 Å². The van der Waals surface area contributed by atoms with Crippen LogP contribution in [0.5, 0.6) is 5.75 Å². The highest BCUT2D eigenvalue weighted by molar-refractivity contribution is 7.91. The monoisotopic (exact) mass is 395 g/mol. The molecule has 8 heteroatoms. The van der Waals surface area contributed by atoms with Crippen LogP contribution in [-0.2, 0) is 9.84 Å². The van der Waals surface area contributed by atoms with E-state index in [-0.39, 0.29) is 42.1 Å². The third-order valence-corrected chi connectivity index (χ3v) is 6.79. The maximum Gasteiger partial charge on any atom is 0.253 e. The van der Waals surface area contributed by atoms with E-state index in [9.17, 15) is 22.0 Å². The minimum absolute atomic E-state index is 0.0182. The molecule has 1 aliphatic rings. The Morgan fingerprint density at radius 1 is 1.11 bits per heavy atom. The summed E-state index contributed by atoms with van der Waals surface area (Å²) in [5, 5.41) is -1.01. The molecule has 144 valence electrons. The largest absolute Gasteiger partial charge is 0.494 e. The van der Waals surface area contributed by atoms with Gasteiger partial charge in [0.25, 0.3) is 5.91 Å². The Hall–Kier alpha value is -2.48. The quantitative estimate of drug-likeness (QED) is 0.802. The van der Waals surface area contributed by atoms with Crippen molar-refractivity contribution in [2.24, 2.45) is 0 Å². The number of halogens is 2. The number of benzene rings is 2. The molecular weight excluding hydrogens is 376 g/mol. The summed E-state index contributed by atoms with van der Waals surface area (Å²) in [6, 6.07) is 9.59. The van der Waals surface area contributed by atoms with Crippen molar-refractivity contribution in [3.63, 3.8) is 0 Å². The van der Waals surface area contributed by atoms with Gasteiger partial charge in [0, 0.05) is 24.2 Å². The van der Waals surface area contributed by atoms with Crippen molar-refractivity contribution in [1.29, 1.82) is 0 Å². The van der Waals surface area contributed by atoms with E-state index in [2.05, 4.69) is 0 Å². The Labute approximate surface area is 156 Å². The van der Waals surface area contributed by atoms with Crippen molar-refractivity contribution in [3.8, 4) is 5.75 Å². The van der Waals surface area contributed by atoms with Gasteiger partial charge in [0.05, 0.1) is 18.1 Å². The first-order valence-corrected chi connectivity index (χ1v) is 10.1. The van der Waals surface area contributed by atoms with E-state index < -0.39 is 32.6 Å². The molecule has 1 amide bonds. The van der Waals surface area contributed by atoms with Crippen molar-refractivity contribution < 1.29 is 26.7 Å². The Kier molecular flexibility index (Phi) is 5.46. The predicted octanol–water partition coefficient (Wildman–Crippen LogP) is 2.98. The van der Waals surface area contributed by atoms with Gasteiger partial charge >= 0.3 is 0 Å². The molecule has 1 aliphatic heterocycles. The van der Waals surface area contributed by atoms with Gasteiger partial charge in [-0.3, -0.25) is 4.79 Å².